The fraction of sp³-hybridized carbons (Fsp3) is 0.951. The first-order valence-corrected chi connectivity index (χ1v) is 45.0. The molecule has 0 aliphatic heterocycles. The Morgan fingerprint density at radius 3 is 0.680 bits per heavy atom. The first-order chi connectivity index (χ1) is 48.4. The van der Waals surface area contributed by atoms with Crippen molar-refractivity contribution >= 4 is 39.5 Å². The van der Waals surface area contributed by atoms with Crippen molar-refractivity contribution in [2.45, 2.75) is 445 Å². The zero-order valence-corrected chi connectivity index (χ0v) is 67.3. The summed E-state index contributed by atoms with van der Waals surface area (Å²) >= 11 is 0. The van der Waals surface area contributed by atoms with Gasteiger partial charge < -0.3 is 33.8 Å². The molecule has 0 aromatic carbocycles. The summed E-state index contributed by atoms with van der Waals surface area (Å²) in [5.74, 6) is -0.504. The largest absolute Gasteiger partial charge is 0.472 e. The highest BCUT2D eigenvalue weighted by atomic mass is 31.2. The van der Waals surface area contributed by atoms with Crippen LogP contribution in [0.2, 0.25) is 0 Å². The molecule has 0 heterocycles. The number of phosphoric acid groups is 2. The average Bonchev–Trinajstić information content (AvgIpc) is 0.934. The fourth-order valence-corrected chi connectivity index (χ4v) is 14.1. The predicted octanol–water partition coefficient (Wildman–Crippen LogP) is 24.3. The molecule has 0 radical (unpaired) electrons. The van der Waals surface area contributed by atoms with Crippen molar-refractivity contribution in [3.63, 3.8) is 0 Å². The second-order valence-electron chi connectivity index (χ2n) is 30.1. The Labute approximate surface area is 613 Å². The van der Waals surface area contributed by atoms with Gasteiger partial charge in [-0.25, -0.2) is 9.13 Å². The minimum Gasteiger partial charge on any atom is -0.462 e. The van der Waals surface area contributed by atoms with E-state index in [2.05, 4.69) is 41.5 Å². The predicted molar refractivity (Wildman–Crippen MR) is 409 cm³/mol. The number of unbranched alkanes of at least 4 members (excludes halogenated alkanes) is 50. The Hall–Kier alpha value is -1.94. The normalized spacial score (nSPS) is 13.9. The zero-order chi connectivity index (χ0) is 73.5. The summed E-state index contributed by atoms with van der Waals surface area (Å²) in [6, 6.07) is 0. The molecule has 0 rings (SSSR count). The quantitative estimate of drug-likeness (QED) is 0.0222. The van der Waals surface area contributed by atoms with Crippen LogP contribution in [0.15, 0.2) is 0 Å². The molecule has 0 saturated heterocycles. The van der Waals surface area contributed by atoms with E-state index in [4.69, 9.17) is 37.0 Å². The number of ether oxygens (including phenoxy) is 4. The highest BCUT2D eigenvalue weighted by Gasteiger charge is 2.30. The summed E-state index contributed by atoms with van der Waals surface area (Å²) < 4.78 is 68.5. The number of hydrogen-bond donors (Lipinski definition) is 3. The Kier molecular flexibility index (Phi) is 71.2. The Morgan fingerprint density at radius 1 is 0.270 bits per heavy atom. The first kappa shape index (κ1) is 98.1. The number of aliphatic hydroxyl groups is 1. The van der Waals surface area contributed by atoms with Crippen molar-refractivity contribution < 1.29 is 80.2 Å². The maximum atomic E-state index is 13.1. The molecule has 0 bridgehead atoms. The van der Waals surface area contributed by atoms with Crippen LogP contribution in [0, 0.1) is 11.8 Å². The van der Waals surface area contributed by atoms with Gasteiger partial charge in [0.15, 0.2) is 12.2 Å². The van der Waals surface area contributed by atoms with Crippen LogP contribution in [0.25, 0.3) is 0 Å². The number of phosphoric ester groups is 2. The summed E-state index contributed by atoms with van der Waals surface area (Å²) in [6.07, 6.45) is 62.9. The Morgan fingerprint density at radius 2 is 0.460 bits per heavy atom. The van der Waals surface area contributed by atoms with Crippen molar-refractivity contribution in [3.8, 4) is 0 Å². The summed E-state index contributed by atoms with van der Waals surface area (Å²) in [5.41, 5.74) is 0. The van der Waals surface area contributed by atoms with E-state index in [0.29, 0.717) is 25.7 Å². The smallest absolute Gasteiger partial charge is 0.462 e. The van der Waals surface area contributed by atoms with Crippen LogP contribution in [-0.2, 0) is 65.4 Å². The zero-order valence-electron chi connectivity index (χ0n) is 65.5. The second-order valence-corrected chi connectivity index (χ2v) is 33.0. The van der Waals surface area contributed by atoms with Gasteiger partial charge in [0.05, 0.1) is 26.4 Å². The minimum absolute atomic E-state index is 0.108. The molecule has 0 fully saturated rings. The highest BCUT2D eigenvalue weighted by Crippen LogP contribution is 2.45. The molecule has 0 amide bonds. The molecule has 100 heavy (non-hydrogen) atoms. The maximum absolute atomic E-state index is 13.1. The van der Waals surface area contributed by atoms with Crippen molar-refractivity contribution in [2.75, 3.05) is 39.6 Å². The molecular weight excluding hydrogens is 1310 g/mol. The number of hydrogen-bond acceptors (Lipinski definition) is 15. The average molecular weight is 1470 g/mol. The monoisotopic (exact) mass is 1470 g/mol. The van der Waals surface area contributed by atoms with Gasteiger partial charge in [-0.2, -0.15) is 0 Å². The van der Waals surface area contributed by atoms with Gasteiger partial charge in [0.2, 0.25) is 0 Å². The molecule has 2 unspecified atom stereocenters. The number of aliphatic hydroxyl groups excluding tert-OH is 1. The molecule has 0 aromatic rings. The van der Waals surface area contributed by atoms with Crippen LogP contribution in [0.5, 0.6) is 0 Å². The van der Waals surface area contributed by atoms with Gasteiger partial charge in [0, 0.05) is 25.7 Å². The van der Waals surface area contributed by atoms with Gasteiger partial charge in [0.25, 0.3) is 0 Å². The van der Waals surface area contributed by atoms with Gasteiger partial charge in [-0.1, -0.05) is 375 Å². The summed E-state index contributed by atoms with van der Waals surface area (Å²) in [6.45, 7) is 9.61. The van der Waals surface area contributed by atoms with Crippen molar-refractivity contribution in [1.29, 1.82) is 0 Å². The lowest BCUT2D eigenvalue weighted by Crippen LogP contribution is -2.30. The summed E-state index contributed by atoms with van der Waals surface area (Å²) in [7, 11) is -9.91. The van der Waals surface area contributed by atoms with Crippen LogP contribution >= 0.6 is 15.6 Å². The lowest BCUT2D eigenvalue weighted by molar-refractivity contribution is -0.161. The van der Waals surface area contributed by atoms with Crippen molar-refractivity contribution in [2.24, 2.45) is 11.8 Å². The Balaban J connectivity index is 5.11. The molecule has 3 N–H and O–H groups in total. The van der Waals surface area contributed by atoms with Gasteiger partial charge in [0.1, 0.15) is 19.3 Å². The topological polar surface area (TPSA) is 237 Å². The van der Waals surface area contributed by atoms with E-state index in [9.17, 15) is 43.2 Å². The van der Waals surface area contributed by atoms with Crippen molar-refractivity contribution in [1.82, 2.24) is 0 Å². The number of esters is 4. The van der Waals surface area contributed by atoms with E-state index < -0.39 is 97.5 Å². The van der Waals surface area contributed by atoms with Gasteiger partial charge in [-0.15, -0.1) is 0 Å². The van der Waals surface area contributed by atoms with E-state index in [1.807, 2.05) is 0 Å². The van der Waals surface area contributed by atoms with E-state index in [1.165, 1.54) is 238 Å². The molecule has 0 spiro atoms. The van der Waals surface area contributed by atoms with E-state index in [0.717, 1.165) is 108 Å². The van der Waals surface area contributed by atoms with Gasteiger partial charge in [-0.05, 0) is 37.5 Å². The molecule has 0 saturated carbocycles. The van der Waals surface area contributed by atoms with Gasteiger partial charge >= 0.3 is 39.5 Å². The van der Waals surface area contributed by atoms with Crippen LogP contribution in [0.4, 0.5) is 0 Å². The molecule has 5 atom stereocenters. The minimum atomic E-state index is -4.96. The molecule has 0 aliphatic rings. The molecule has 0 aliphatic carbocycles. The van der Waals surface area contributed by atoms with Crippen LogP contribution in [0.3, 0.4) is 0 Å². The third-order valence-corrected chi connectivity index (χ3v) is 20.9. The van der Waals surface area contributed by atoms with Crippen molar-refractivity contribution in [3.05, 3.63) is 0 Å². The Bertz CT molecular complexity index is 1920. The summed E-state index contributed by atoms with van der Waals surface area (Å²) in [5, 5.41) is 10.6. The number of carbonyl (C=O) groups is 4. The van der Waals surface area contributed by atoms with Crippen LogP contribution in [0.1, 0.15) is 427 Å². The maximum Gasteiger partial charge on any atom is 0.472 e. The molecule has 594 valence electrons. The first-order valence-electron chi connectivity index (χ1n) is 42.0. The summed E-state index contributed by atoms with van der Waals surface area (Å²) in [4.78, 5) is 72.7. The molecule has 17 nitrogen and oxygen atoms in total. The fourth-order valence-electron chi connectivity index (χ4n) is 12.5. The number of rotatable bonds is 80. The molecule has 19 heteroatoms. The number of carbonyl (C=O) groups excluding carboxylic acids is 4. The van der Waals surface area contributed by atoms with Crippen LogP contribution < -0.4 is 0 Å². The standard InChI is InChI=1S/C81H158O17P2/c1-7-9-11-13-14-15-16-17-18-19-20-26-32-37-42-47-53-59-65-80(85)97-76(69-91-78(83)63-57-49-12-10-8-2)71-95-99(87,88)93-67-75(82)68-94-100(89,90)96-72-77(70-92-79(84)64-58-52-46-41-36-31-28-23-25-30-35-40-45-51-56-62-74(5)6)98-81(86)66-60-54-48-43-38-33-27-22-21-24-29-34-39-44-50-55-61-73(3)4/h73-77,82H,7-72H2,1-6H3,(H,87,88)(H,89,90)/t75-,76+,77+/m0/s1. The SMILES string of the molecule is CCCCCCCCCCCCCCCCCCCCC(=O)O[C@H](COC(=O)CCCCCCC)COP(=O)(O)OC[C@H](O)COP(=O)(O)OC[C@@H](COC(=O)CCCCCCCCCCCCCCCCCC(C)C)OC(=O)CCCCCCCCCCCCCCCCCCC(C)C. The lowest BCUT2D eigenvalue weighted by Gasteiger charge is -2.21. The third kappa shape index (κ3) is 74.3. The van der Waals surface area contributed by atoms with E-state index >= 15 is 0 Å². The second kappa shape index (κ2) is 72.6. The van der Waals surface area contributed by atoms with E-state index in [1.54, 1.807) is 0 Å². The highest BCUT2D eigenvalue weighted by molar-refractivity contribution is 7.47. The lowest BCUT2D eigenvalue weighted by atomic mass is 10.0. The molecular formula is C81H158O17P2. The van der Waals surface area contributed by atoms with E-state index in [-0.39, 0.29) is 25.7 Å². The molecule has 0 aromatic heterocycles. The third-order valence-electron chi connectivity index (χ3n) is 19.0. The van der Waals surface area contributed by atoms with Crippen LogP contribution in [-0.4, -0.2) is 96.7 Å². The van der Waals surface area contributed by atoms with Gasteiger partial charge in [-0.3, -0.25) is 37.3 Å².